The first-order chi connectivity index (χ1) is 6.81. The number of aliphatic hydroxyl groups excluding tert-OH is 1. The van der Waals surface area contributed by atoms with Gasteiger partial charge in [-0.05, 0) is 18.8 Å². The molecule has 3 atom stereocenters. The Morgan fingerprint density at radius 1 is 1.29 bits per heavy atom. The van der Waals surface area contributed by atoms with Gasteiger partial charge < -0.3 is 5.11 Å². The molecule has 1 aliphatic heterocycles. The fraction of sp³-hybridized carbons (Fsp3) is 0.818. The lowest BCUT2D eigenvalue weighted by molar-refractivity contribution is 0.125. The van der Waals surface area contributed by atoms with Crippen molar-refractivity contribution in [1.29, 1.82) is 0 Å². The summed E-state index contributed by atoms with van der Waals surface area (Å²) in [5.74, 6) is 1.89. The third-order valence-corrected chi connectivity index (χ3v) is 3.69. The molecular formula is C11H18ClNO. The van der Waals surface area contributed by atoms with E-state index in [1.807, 2.05) is 6.08 Å². The van der Waals surface area contributed by atoms with Crippen molar-refractivity contribution < 1.29 is 5.11 Å². The molecule has 3 heteroatoms. The van der Waals surface area contributed by atoms with Crippen molar-refractivity contribution in [3.05, 3.63) is 12.2 Å². The number of likely N-dealkylation sites (tertiary alicyclic amines) is 1. The van der Waals surface area contributed by atoms with Gasteiger partial charge >= 0.3 is 0 Å². The van der Waals surface area contributed by atoms with Gasteiger partial charge in [0.2, 0.25) is 0 Å². The normalized spacial score (nSPS) is 38.3. The van der Waals surface area contributed by atoms with E-state index in [-0.39, 0.29) is 6.10 Å². The van der Waals surface area contributed by atoms with Crippen LogP contribution in [0.25, 0.3) is 0 Å². The quantitative estimate of drug-likeness (QED) is 0.570. The van der Waals surface area contributed by atoms with E-state index >= 15 is 0 Å². The van der Waals surface area contributed by atoms with E-state index in [9.17, 15) is 5.11 Å². The average Bonchev–Trinajstić information content (AvgIpc) is 2.70. The Bertz CT molecular complexity index is 219. The average molecular weight is 216 g/mol. The molecule has 2 aliphatic rings. The molecule has 80 valence electrons. The first kappa shape index (κ1) is 10.5. The zero-order chi connectivity index (χ0) is 9.97. The number of aliphatic hydroxyl groups is 1. The Morgan fingerprint density at radius 3 is 2.86 bits per heavy atom. The predicted molar refractivity (Wildman–Crippen MR) is 58.5 cm³/mol. The lowest BCUT2D eigenvalue weighted by atomic mass is 10.00. The first-order valence-electron chi connectivity index (χ1n) is 5.42. The second-order valence-electron chi connectivity index (χ2n) is 4.41. The summed E-state index contributed by atoms with van der Waals surface area (Å²) in [4.78, 5) is 2.42. The maximum Gasteiger partial charge on any atom is 0.0583 e. The van der Waals surface area contributed by atoms with Crippen LogP contribution in [-0.2, 0) is 0 Å². The summed E-state index contributed by atoms with van der Waals surface area (Å²) in [5.41, 5.74) is 0. The fourth-order valence-electron chi connectivity index (χ4n) is 2.76. The Kier molecular flexibility index (Phi) is 3.47. The number of alkyl halides is 1. The van der Waals surface area contributed by atoms with Crippen LogP contribution in [-0.4, -0.2) is 41.6 Å². The van der Waals surface area contributed by atoms with Crippen molar-refractivity contribution in [3.8, 4) is 0 Å². The molecule has 0 amide bonds. The minimum absolute atomic E-state index is 0.0398. The van der Waals surface area contributed by atoms with Gasteiger partial charge in [-0.3, -0.25) is 4.90 Å². The van der Waals surface area contributed by atoms with Gasteiger partial charge in [0.05, 0.1) is 6.10 Å². The van der Waals surface area contributed by atoms with Gasteiger partial charge in [-0.2, -0.15) is 0 Å². The van der Waals surface area contributed by atoms with E-state index in [0.717, 1.165) is 32.0 Å². The van der Waals surface area contributed by atoms with Gasteiger partial charge in [-0.15, -0.1) is 11.6 Å². The molecule has 1 heterocycles. The molecule has 1 N–H and O–H groups in total. The minimum atomic E-state index is -0.0398. The summed E-state index contributed by atoms with van der Waals surface area (Å²) in [6.45, 7) is 3.22. The van der Waals surface area contributed by atoms with Crippen LogP contribution >= 0.6 is 11.6 Å². The third kappa shape index (κ3) is 2.13. The molecule has 3 unspecified atom stereocenters. The first-order valence-corrected chi connectivity index (χ1v) is 5.96. The Labute approximate surface area is 90.5 Å². The van der Waals surface area contributed by atoms with Crippen LogP contribution in [0.15, 0.2) is 12.2 Å². The highest BCUT2D eigenvalue weighted by molar-refractivity contribution is 6.18. The molecule has 2 fully saturated rings. The van der Waals surface area contributed by atoms with Crippen LogP contribution in [0, 0.1) is 11.8 Å². The fourth-order valence-corrected chi connectivity index (χ4v) is 2.89. The smallest absolute Gasteiger partial charge is 0.0583 e. The monoisotopic (exact) mass is 215 g/mol. The van der Waals surface area contributed by atoms with Gasteiger partial charge in [0, 0.05) is 31.4 Å². The lowest BCUT2D eigenvalue weighted by Gasteiger charge is -2.15. The molecule has 2 nitrogen and oxygen atoms in total. The molecule has 14 heavy (non-hydrogen) atoms. The SMILES string of the molecule is OC1CCC2CN(C/C=C/CCl)CC12. The van der Waals surface area contributed by atoms with Crippen molar-refractivity contribution >= 4 is 11.6 Å². The highest BCUT2D eigenvalue weighted by Crippen LogP contribution is 2.37. The second-order valence-corrected chi connectivity index (χ2v) is 4.72. The van der Waals surface area contributed by atoms with E-state index in [1.54, 1.807) is 0 Å². The molecule has 2 rings (SSSR count). The number of nitrogens with zero attached hydrogens (tertiary/aromatic N) is 1. The van der Waals surface area contributed by atoms with Crippen molar-refractivity contribution in [3.63, 3.8) is 0 Å². The van der Waals surface area contributed by atoms with E-state index in [0.29, 0.717) is 11.8 Å². The summed E-state index contributed by atoms with van der Waals surface area (Å²) < 4.78 is 0. The summed E-state index contributed by atoms with van der Waals surface area (Å²) in [7, 11) is 0. The number of rotatable bonds is 3. The van der Waals surface area contributed by atoms with Gasteiger partial charge in [0.25, 0.3) is 0 Å². The summed E-state index contributed by atoms with van der Waals surface area (Å²) in [5, 5.41) is 9.72. The Morgan fingerprint density at radius 2 is 2.14 bits per heavy atom. The molecule has 1 saturated heterocycles. The van der Waals surface area contributed by atoms with Crippen LogP contribution in [0.4, 0.5) is 0 Å². The number of allylic oxidation sites excluding steroid dienone is 1. The maximum absolute atomic E-state index is 9.72. The predicted octanol–water partition coefficient (Wildman–Crippen LogP) is 1.48. The van der Waals surface area contributed by atoms with E-state index in [4.69, 9.17) is 11.6 Å². The summed E-state index contributed by atoms with van der Waals surface area (Å²) in [6, 6.07) is 0. The van der Waals surface area contributed by atoms with Crippen LogP contribution in [0.3, 0.4) is 0 Å². The Balaban J connectivity index is 1.80. The molecule has 0 radical (unpaired) electrons. The zero-order valence-corrected chi connectivity index (χ0v) is 9.16. The maximum atomic E-state index is 9.72. The third-order valence-electron chi connectivity index (χ3n) is 3.51. The molecule has 0 spiro atoms. The number of fused-ring (bicyclic) bond motifs is 1. The van der Waals surface area contributed by atoms with Gasteiger partial charge in [0.15, 0.2) is 0 Å². The summed E-state index contributed by atoms with van der Waals surface area (Å²) >= 11 is 5.56. The van der Waals surface area contributed by atoms with Crippen LogP contribution in [0.2, 0.25) is 0 Å². The largest absolute Gasteiger partial charge is 0.393 e. The van der Waals surface area contributed by atoms with Crippen molar-refractivity contribution in [2.45, 2.75) is 18.9 Å². The summed E-state index contributed by atoms with van der Waals surface area (Å²) in [6.07, 6.45) is 6.30. The molecule has 0 bridgehead atoms. The number of halogens is 1. The topological polar surface area (TPSA) is 23.5 Å². The van der Waals surface area contributed by atoms with Gasteiger partial charge in [0.1, 0.15) is 0 Å². The standard InChI is InChI=1S/C11H18ClNO/c12-5-1-2-6-13-7-9-3-4-11(14)10(9)8-13/h1-2,9-11,14H,3-8H2/b2-1+. The molecule has 0 aromatic rings. The van der Waals surface area contributed by atoms with Crippen LogP contribution in [0.1, 0.15) is 12.8 Å². The van der Waals surface area contributed by atoms with E-state index in [1.165, 1.54) is 6.42 Å². The number of hydrogen-bond acceptors (Lipinski definition) is 2. The Hall–Kier alpha value is -0.0500. The van der Waals surface area contributed by atoms with Crippen molar-refractivity contribution in [2.24, 2.45) is 11.8 Å². The van der Waals surface area contributed by atoms with Crippen LogP contribution < -0.4 is 0 Å². The van der Waals surface area contributed by atoms with Gasteiger partial charge in [-0.25, -0.2) is 0 Å². The molecule has 0 aromatic carbocycles. The lowest BCUT2D eigenvalue weighted by Crippen LogP contribution is -2.24. The van der Waals surface area contributed by atoms with Crippen LogP contribution in [0.5, 0.6) is 0 Å². The highest BCUT2D eigenvalue weighted by Gasteiger charge is 2.41. The molecular weight excluding hydrogens is 198 g/mol. The van der Waals surface area contributed by atoms with E-state index in [2.05, 4.69) is 11.0 Å². The molecule has 0 aromatic heterocycles. The van der Waals surface area contributed by atoms with Gasteiger partial charge in [-0.1, -0.05) is 12.2 Å². The minimum Gasteiger partial charge on any atom is -0.393 e. The van der Waals surface area contributed by atoms with Crippen molar-refractivity contribution in [2.75, 3.05) is 25.5 Å². The van der Waals surface area contributed by atoms with E-state index < -0.39 is 0 Å². The zero-order valence-electron chi connectivity index (χ0n) is 8.40. The molecule has 1 aliphatic carbocycles. The van der Waals surface area contributed by atoms with Crippen molar-refractivity contribution in [1.82, 2.24) is 4.90 Å². The second kappa shape index (κ2) is 4.65. The highest BCUT2D eigenvalue weighted by atomic mass is 35.5. The number of hydrogen-bond donors (Lipinski definition) is 1. The molecule has 1 saturated carbocycles.